The zero-order valence-electron chi connectivity index (χ0n) is 9.25. The van der Waals surface area contributed by atoms with E-state index in [-0.39, 0.29) is 5.91 Å². The van der Waals surface area contributed by atoms with E-state index in [0.717, 1.165) is 12.8 Å². The lowest BCUT2D eigenvalue weighted by Crippen LogP contribution is -2.14. The van der Waals surface area contributed by atoms with Gasteiger partial charge in [-0.2, -0.15) is 0 Å². The van der Waals surface area contributed by atoms with Crippen molar-refractivity contribution >= 4 is 34.8 Å². The molecule has 0 radical (unpaired) electrons. The van der Waals surface area contributed by atoms with Crippen molar-refractivity contribution in [2.24, 2.45) is 5.92 Å². The van der Waals surface area contributed by atoms with E-state index >= 15 is 0 Å². The predicted molar refractivity (Wildman–Crippen MR) is 71.6 cm³/mol. The highest BCUT2D eigenvalue weighted by Gasteiger charge is 2.14. The van der Waals surface area contributed by atoms with Crippen molar-refractivity contribution in [3.63, 3.8) is 0 Å². The van der Waals surface area contributed by atoms with Crippen molar-refractivity contribution < 1.29 is 4.79 Å². The van der Waals surface area contributed by atoms with Crippen LogP contribution in [0.5, 0.6) is 0 Å². The van der Waals surface area contributed by atoms with E-state index in [1.54, 1.807) is 18.2 Å². The summed E-state index contributed by atoms with van der Waals surface area (Å²) in [5.74, 6) is 0.387. The first kappa shape index (κ1) is 12.5. The second-order valence-corrected chi connectivity index (χ2v) is 4.96. The number of anilines is 1. The van der Waals surface area contributed by atoms with Crippen LogP contribution in [0.25, 0.3) is 0 Å². The summed E-state index contributed by atoms with van der Waals surface area (Å²) in [6, 6.07) is 5.08. The molecule has 1 aliphatic carbocycles. The van der Waals surface area contributed by atoms with Gasteiger partial charge in [0.2, 0.25) is 5.91 Å². The molecule has 0 spiro atoms. The Balaban J connectivity index is 1.93. The minimum atomic E-state index is 0.0138. The Morgan fingerprint density at radius 1 is 1.35 bits per heavy atom. The fourth-order valence-corrected chi connectivity index (χ4v) is 2.19. The molecule has 2 rings (SSSR count). The minimum Gasteiger partial charge on any atom is -0.326 e. The normalized spacial score (nSPS) is 18.4. The van der Waals surface area contributed by atoms with Gasteiger partial charge in [-0.15, -0.1) is 0 Å². The van der Waals surface area contributed by atoms with Gasteiger partial charge >= 0.3 is 0 Å². The molecule has 0 unspecified atom stereocenters. The first-order valence-corrected chi connectivity index (χ1v) is 6.32. The van der Waals surface area contributed by atoms with Crippen LogP contribution >= 0.6 is 23.2 Å². The van der Waals surface area contributed by atoms with Gasteiger partial charge in [-0.05, 0) is 37.0 Å². The molecule has 1 aliphatic rings. The highest BCUT2D eigenvalue weighted by Crippen LogP contribution is 2.26. The van der Waals surface area contributed by atoms with Gasteiger partial charge < -0.3 is 5.32 Å². The number of hydrogen-bond acceptors (Lipinski definition) is 1. The Labute approximate surface area is 111 Å². The number of nitrogens with one attached hydrogen (secondary N) is 1. The van der Waals surface area contributed by atoms with Crippen LogP contribution in [0, 0.1) is 5.92 Å². The van der Waals surface area contributed by atoms with Crippen LogP contribution in [0.4, 0.5) is 5.69 Å². The summed E-state index contributed by atoms with van der Waals surface area (Å²) in [6.07, 6.45) is 6.89. The minimum absolute atomic E-state index is 0.0138. The van der Waals surface area contributed by atoms with Crippen molar-refractivity contribution in [1.82, 2.24) is 0 Å². The van der Waals surface area contributed by atoms with Gasteiger partial charge in [0.25, 0.3) is 0 Å². The number of amides is 1. The summed E-state index contributed by atoms with van der Waals surface area (Å²) < 4.78 is 0. The number of benzene rings is 1. The van der Waals surface area contributed by atoms with Crippen LogP contribution in [0.2, 0.25) is 10.0 Å². The molecular formula is C13H13Cl2NO. The molecule has 1 aromatic carbocycles. The first-order chi connectivity index (χ1) is 8.15. The number of allylic oxidation sites excluding steroid dienone is 2. The lowest BCUT2D eigenvalue weighted by Gasteiger charge is -2.09. The maximum Gasteiger partial charge on any atom is 0.224 e. The molecule has 0 saturated heterocycles. The molecule has 4 heteroatoms. The molecule has 0 aromatic heterocycles. The van der Waals surface area contributed by atoms with Gasteiger partial charge in [-0.3, -0.25) is 4.79 Å². The van der Waals surface area contributed by atoms with Crippen LogP contribution in [0.3, 0.4) is 0 Å². The van der Waals surface area contributed by atoms with Crippen LogP contribution in [-0.2, 0) is 4.79 Å². The molecule has 1 amide bonds. The third-order valence-electron chi connectivity index (χ3n) is 2.76. The van der Waals surface area contributed by atoms with Gasteiger partial charge in [-0.1, -0.05) is 35.4 Å². The summed E-state index contributed by atoms with van der Waals surface area (Å²) in [7, 11) is 0. The van der Waals surface area contributed by atoms with Gasteiger partial charge in [0.05, 0.1) is 10.0 Å². The lowest BCUT2D eigenvalue weighted by molar-refractivity contribution is -0.116. The fourth-order valence-electron chi connectivity index (χ4n) is 1.89. The van der Waals surface area contributed by atoms with E-state index in [2.05, 4.69) is 17.5 Å². The number of carbonyl (C=O) groups is 1. The lowest BCUT2D eigenvalue weighted by atomic mass is 10.1. The number of halogens is 2. The summed E-state index contributed by atoms with van der Waals surface area (Å²) in [5, 5.41) is 3.76. The van der Waals surface area contributed by atoms with E-state index in [0.29, 0.717) is 28.1 Å². The van der Waals surface area contributed by atoms with E-state index in [9.17, 15) is 4.79 Å². The molecule has 0 heterocycles. The largest absolute Gasteiger partial charge is 0.326 e. The molecule has 0 bridgehead atoms. The monoisotopic (exact) mass is 269 g/mol. The van der Waals surface area contributed by atoms with Gasteiger partial charge in [-0.25, -0.2) is 0 Å². The first-order valence-electron chi connectivity index (χ1n) is 5.57. The van der Waals surface area contributed by atoms with E-state index in [1.807, 2.05) is 0 Å². The zero-order chi connectivity index (χ0) is 12.3. The average molecular weight is 270 g/mol. The topological polar surface area (TPSA) is 29.1 Å². The highest BCUT2D eigenvalue weighted by atomic mass is 35.5. The zero-order valence-corrected chi connectivity index (χ0v) is 10.8. The van der Waals surface area contributed by atoms with E-state index < -0.39 is 0 Å². The quantitative estimate of drug-likeness (QED) is 0.815. The van der Waals surface area contributed by atoms with E-state index in [4.69, 9.17) is 23.2 Å². The molecule has 0 saturated carbocycles. The third-order valence-corrected chi connectivity index (χ3v) is 3.50. The molecular weight excluding hydrogens is 257 g/mol. The van der Waals surface area contributed by atoms with Crippen molar-refractivity contribution in [1.29, 1.82) is 0 Å². The van der Waals surface area contributed by atoms with Crippen molar-refractivity contribution in [3.05, 3.63) is 40.4 Å². The molecule has 0 aliphatic heterocycles. The van der Waals surface area contributed by atoms with Gasteiger partial charge in [0.15, 0.2) is 0 Å². The van der Waals surface area contributed by atoms with E-state index in [1.165, 1.54) is 0 Å². The second kappa shape index (κ2) is 5.56. The standard InChI is InChI=1S/C13H13Cl2NO/c14-11-6-5-10(8-12(11)15)16-13(17)7-9-3-1-2-4-9/h1,3,5-6,8-9H,2,4,7H2,(H,16,17)/t9-/m0/s1. The smallest absolute Gasteiger partial charge is 0.224 e. The number of carbonyl (C=O) groups excluding carboxylic acids is 1. The summed E-state index contributed by atoms with van der Waals surface area (Å²) >= 11 is 11.7. The molecule has 1 aromatic rings. The molecule has 17 heavy (non-hydrogen) atoms. The van der Waals surface area contributed by atoms with Crippen molar-refractivity contribution in [2.75, 3.05) is 5.32 Å². The SMILES string of the molecule is O=C(C[C@H]1C=CCC1)Nc1ccc(Cl)c(Cl)c1. The molecule has 2 nitrogen and oxygen atoms in total. The summed E-state index contributed by atoms with van der Waals surface area (Å²) in [5.41, 5.74) is 0.686. The molecule has 0 fully saturated rings. The van der Waals surface area contributed by atoms with Crippen LogP contribution < -0.4 is 5.32 Å². The Morgan fingerprint density at radius 2 is 2.18 bits per heavy atom. The summed E-state index contributed by atoms with van der Waals surface area (Å²) in [6.45, 7) is 0. The van der Waals surface area contributed by atoms with Crippen LogP contribution in [-0.4, -0.2) is 5.91 Å². The third kappa shape index (κ3) is 3.48. The van der Waals surface area contributed by atoms with Gasteiger partial charge in [0, 0.05) is 12.1 Å². The highest BCUT2D eigenvalue weighted by molar-refractivity contribution is 6.42. The van der Waals surface area contributed by atoms with Crippen LogP contribution in [0.15, 0.2) is 30.4 Å². The fraction of sp³-hybridized carbons (Fsp3) is 0.308. The van der Waals surface area contributed by atoms with Crippen molar-refractivity contribution in [3.8, 4) is 0 Å². The van der Waals surface area contributed by atoms with Crippen molar-refractivity contribution in [2.45, 2.75) is 19.3 Å². The second-order valence-electron chi connectivity index (χ2n) is 4.15. The molecule has 1 N–H and O–H groups in total. The maximum absolute atomic E-state index is 11.7. The Hall–Kier alpha value is -0.990. The molecule has 1 atom stereocenters. The number of rotatable bonds is 3. The Bertz CT molecular complexity index is 457. The Kier molecular flexibility index (Phi) is 4.08. The number of hydrogen-bond donors (Lipinski definition) is 1. The van der Waals surface area contributed by atoms with Gasteiger partial charge in [0.1, 0.15) is 0 Å². The average Bonchev–Trinajstić information content (AvgIpc) is 2.76. The van der Waals surface area contributed by atoms with Crippen LogP contribution in [0.1, 0.15) is 19.3 Å². The summed E-state index contributed by atoms with van der Waals surface area (Å²) in [4.78, 5) is 11.7. The predicted octanol–water partition coefficient (Wildman–Crippen LogP) is 4.29. The maximum atomic E-state index is 11.7. The molecule has 90 valence electrons. The Morgan fingerprint density at radius 3 is 2.82 bits per heavy atom.